The third kappa shape index (κ3) is 3.26. The lowest BCUT2D eigenvalue weighted by atomic mass is 9.97. The molecule has 3 heterocycles. The van der Waals surface area contributed by atoms with Gasteiger partial charge in [0.1, 0.15) is 0 Å². The van der Waals surface area contributed by atoms with Gasteiger partial charge < -0.3 is 4.90 Å². The van der Waals surface area contributed by atoms with Gasteiger partial charge in [0.15, 0.2) is 0 Å². The number of fused-ring (bicyclic) bond motifs is 1. The normalized spacial score (nSPS) is 26.7. The summed E-state index contributed by atoms with van der Waals surface area (Å²) in [4.78, 5) is 18.7. The number of nitrogens with zero attached hydrogens (tertiary/aromatic N) is 5. The Hall–Kier alpha value is -1.43. The SMILES string of the molecule is CC1CN2CCCCC2CN1C(=O)CCc1cnn(C)n1. The van der Waals surface area contributed by atoms with Gasteiger partial charge in [0.25, 0.3) is 0 Å². The number of piperazine rings is 1. The summed E-state index contributed by atoms with van der Waals surface area (Å²) >= 11 is 0. The predicted octanol–water partition coefficient (Wildman–Crippen LogP) is 0.833. The number of hydrogen-bond donors (Lipinski definition) is 0. The van der Waals surface area contributed by atoms with E-state index in [0.717, 1.165) is 18.8 Å². The third-order valence-electron chi connectivity index (χ3n) is 4.75. The molecule has 1 aromatic heterocycles. The third-order valence-corrected chi connectivity index (χ3v) is 4.75. The van der Waals surface area contributed by atoms with Crippen molar-refractivity contribution in [1.82, 2.24) is 24.8 Å². The van der Waals surface area contributed by atoms with Crippen molar-refractivity contribution >= 4 is 5.91 Å². The quantitative estimate of drug-likeness (QED) is 0.828. The zero-order chi connectivity index (χ0) is 14.8. The summed E-state index contributed by atoms with van der Waals surface area (Å²) in [5.41, 5.74) is 0.898. The molecule has 0 aliphatic carbocycles. The highest BCUT2D eigenvalue weighted by Crippen LogP contribution is 2.24. The van der Waals surface area contributed by atoms with Crippen molar-refractivity contribution in [2.75, 3.05) is 19.6 Å². The van der Waals surface area contributed by atoms with Crippen LogP contribution in [0.2, 0.25) is 0 Å². The smallest absolute Gasteiger partial charge is 0.223 e. The molecule has 0 bridgehead atoms. The zero-order valence-electron chi connectivity index (χ0n) is 13.0. The van der Waals surface area contributed by atoms with Gasteiger partial charge in [0.05, 0.1) is 11.9 Å². The van der Waals surface area contributed by atoms with E-state index in [-0.39, 0.29) is 5.91 Å². The minimum atomic E-state index is 0.262. The molecule has 3 rings (SSSR count). The predicted molar refractivity (Wildman–Crippen MR) is 79.7 cm³/mol. The lowest BCUT2D eigenvalue weighted by Gasteiger charge is -2.47. The number of hydrogen-bond acceptors (Lipinski definition) is 4. The van der Waals surface area contributed by atoms with Crippen molar-refractivity contribution < 1.29 is 4.79 Å². The molecule has 2 fully saturated rings. The first-order chi connectivity index (χ1) is 10.1. The lowest BCUT2D eigenvalue weighted by molar-refractivity contribution is -0.138. The second-order valence-electron chi connectivity index (χ2n) is 6.37. The molecule has 116 valence electrons. The van der Waals surface area contributed by atoms with Crippen LogP contribution in [0.25, 0.3) is 0 Å². The van der Waals surface area contributed by atoms with Gasteiger partial charge in [0, 0.05) is 45.1 Å². The van der Waals surface area contributed by atoms with Gasteiger partial charge in [-0.3, -0.25) is 9.69 Å². The van der Waals surface area contributed by atoms with Crippen LogP contribution in [0.3, 0.4) is 0 Å². The van der Waals surface area contributed by atoms with Crippen LogP contribution in [0.5, 0.6) is 0 Å². The Labute approximate surface area is 126 Å². The molecule has 0 aromatic carbocycles. The van der Waals surface area contributed by atoms with Crippen molar-refractivity contribution in [1.29, 1.82) is 0 Å². The maximum Gasteiger partial charge on any atom is 0.223 e. The molecular formula is C15H25N5O. The van der Waals surface area contributed by atoms with Crippen LogP contribution in [-0.2, 0) is 18.3 Å². The number of amides is 1. The van der Waals surface area contributed by atoms with Crippen LogP contribution in [0.1, 0.15) is 38.3 Å². The van der Waals surface area contributed by atoms with Crippen molar-refractivity contribution in [2.45, 2.75) is 51.1 Å². The van der Waals surface area contributed by atoms with E-state index >= 15 is 0 Å². The molecule has 2 unspecified atom stereocenters. The van der Waals surface area contributed by atoms with Crippen molar-refractivity contribution in [2.24, 2.45) is 7.05 Å². The van der Waals surface area contributed by atoms with Crippen LogP contribution in [0.15, 0.2) is 6.20 Å². The fraction of sp³-hybridized carbons (Fsp3) is 0.800. The number of aryl methyl sites for hydroxylation is 2. The van der Waals surface area contributed by atoms with Gasteiger partial charge in [0.2, 0.25) is 5.91 Å². The van der Waals surface area contributed by atoms with E-state index in [1.807, 2.05) is 0 Å². The summed E-state index contributed by atoms with van der Waals surface area (Å²) in [7, 11) is 1.80. The maximum atomic E-state index is 12.5. The Morgan fingerprint density at radius 1 is 1.38 bits per heavy atom. The van der Waals surface area contributed by atoms with Crippen LogP contribution in [0, 0.1) is 0 Å². The van der Waals surface area contributed by atoms with Gasteiger partial charge in [-0.2, -0.15) is 15.0 Å². The highest BCUT2D eigenvalue weighted by Gasteiger charge is 2.34. The summed E-state index contributed by atoms with van der Waals surface area (Å²) in [6, 6.07) is 0.907. The molecule has 0 saturated carbocycles. The average molecular weight is 291 g/mol. The van der Waals surface area contributed by atoms with Crippen LogP contribution >= 0.6 is 0 Å². The summed E-state index contributed by atoms with van der Waals surface area (Å²) in [6.07, 6.45) is 6.82. The topological polar surface area (TPSA) is 54.3 Å². The molecule has 6 heteroatoms. The monoisotopic (exact) mass is 291 g/mol. The molecular weight excluding hydrogens is 266 g/mol. The zero-order valence-corrected chi connectivity index (χ0v) is 13.0. The molecule has 2 atom stereocenters. The van der Waals surface area contributed by atoms with Gasteiger partial charge in [-0.15, -0.1) is 0 Å². The first-order valence-corrected chi connectivity index (χ1v) is 8.02. The van der Waals surface area contributed by atoms with Crippen molar-refractivity contribution in [3.63, 3.8) is 0 Å². The number of piperidine rings is 1. The Morgan fingerprint density at radius 2 is 2.24 bits per heavy atom. The van der Waals surface area contributed by atoms with Gasteiger partial charge in [-0.1, -0.05) is 6.42 Å². The summed E-state index contributed by atoms with van der Waals surface area (Å²) in [5.74, 6) is 0.262. The number of rotatable bonds is 3. The van der Waals surface area contributed by atoms with E-state index in [1.54, 1.807) is 18.0 Å². The van der Waals surface area contributed by atoms with Crippen LogP contribution in [0.4, 0.5) is 0 Å². The lowest BCUT2D eigenvalue weighted by Crippen LogP contribution is -2.60. The molecule has 0 spiro atoms. The average Bonchev–Trinajstić information content (AvgIpc) is 2.89. The molecule has 2 aliphatic rings. The number of carbonyl (C=O) groups excluding carboxylic acids is 1. The molecule has 21 heavy (non-hydrogen) atoms. The second kappa shape index (κ2) is 6.13. The summed E-state index contributed by atoms with van der Waals surface area (Å²) in [5, 5.41) is 8.29. The van der Waals surface area contributed by atoms with E-state index in [4.69, 9.17) is 0 Å². The molecule has 2 aliphatic heterocycles. The number of aromatic nitrogens is 3. The Morgan fingerprint density at radius 3 is 3.00 bits per heavy atom. The number of carbonyl (C=O) groups is 1. The molecule has 1 amide bonds. The van der Waals surface area contributed by atoms with Crippen molar-refractivity contribution in [3.8, 4) is 0 Å². The van der Waals surface area contributed by atoms with Crippen LogP contribution in [-0.4, -0.2) is 62.4 Å². The van der Waals surface area contributed by atoms with Gasteiger partial charge in [-0.05, 0) is 26.3 Å². The second-order valence-corrected chi connectivity index (χ2v) is 6.37. The van der Waals surface area contributed by atoms with Crippen LogP contribution < -0.4 is 0 Å². The largest absolute Gasteiger partial charge is 0.337 e. The van der Waals surface area contributed by atoms with Gasteiger partial charge >= 0.3 is 0 Å². The molecule has 2 saturated heterocycles. The van der Waals surface area contributed by atoms with E-state index in [1.165, 1.54) is 25.8 Å². The van der Waals surface area contributed by atoms with E-state index < -0.39 is 0 Å². The molecule has 1 aromatic rings. The molecule has 6 nitrogen and oxygen atoms in total. The fourth-order valence-corrected chi connectivity index (χ4v) is 3.58. The first-order valence-electron chi connectivity index (χ1n) is 8.02. The Bertz CT molecular complexity index is 500. The van der Waals surface area contributed by atoms with Gasteiger partial charge in [-0.25, -0.2) is 0 Å². The molecule has 0 N–H and O–H groups in total. The highest BCUT2D eigenvalue weighted by molar-refractivity contribution is 5.77. The fourth-order valence-electron chi connectivity index (χ4n) is 3.58. The minimum Gasteiger partial charge on any atom is -0.337 e. The Balaban J connectivity index is 1.56. The summed E-state index contributed by atoms with van der Waals surface area (Å²) < 4.78 is 0. The van der Waals surface area contributed by atoms with Crippen molar-refractivity contribution in [3.05, 3.63) is 11.9 Å². The molecule has 0 radical (unpaired) electrons. The minimum absolute atomic E-state index is 0.262. The maximum absolute atomic E-state index is 12.5. The Kier molecular flexibility index (Phi) is 4.24. The summed E-state index contributed by atoms with van der Waals surface area (Å²) in [6.45, 7) is 5.31. The van der Waals surface area contributed by atoms with E-state index in [0.29, 0.717) is 24.9 Å². The van der Waals surface area contributed by atoms with E-state index in [2.05, 4.69) is 26.9 Å². The highest BCUT2D eigenvalue weighted by atomic mass is 16.2. The van der Waals surface area contributed by atoms with E-state index in [9.17, 15) is 4.79 Å². The first kappa shape index (κ1) is 14.5. The standard InChI is InChI=1S/C15H25N5O/c1-12-10-19-8-4-3-5-14(19)11-20(12)15(21)7-6-13-9-16-18(2)17-13/h9,12,14H,3-8,10-11H2,1-2H3.